The Labute approximate surface area is 118 Å². The minimum atomic E-state index is -0.573. The van der Waals surface area contributed by atoms with Gasteiger partial charge in [0, 0.05) is 29.4 Å². The number of carboxylic acids is 1. The Balaban J connectivity index is 1.76. The summed E-state index contributed by atoms with van der Waals surface area (Å²) >= 11 is 1.84. The van der Waals surface area contributed by atoms with Gasteiger partial charge in [0.1, 0.15) is 0 Å². The zero-order valence-electron chi connectivity index (χ0n) is 11.6. The van der Waals surface area contributed by atoms with E-state index in [0.29, 0.717) is 5.92 Å². The summed E-state index contributed by atoms with van der Waals surface area (Å²) in [5, 5.41) is 9.59. The molecule has 1 saturated heterocycles. The molecule has 3 rings (SSSR count). The highest BCUT2D eigenvalue weighted by Gasteiger charge is 2.54. The molecule has 0 amide bonds. The summed E-state index contributed by atoms with van der Waals surface area (Å²) in [5.74, 6) is -0.208. The van der Waals surface area contributed by atoms with E-state index in [4.69, 9.17) is 0 Å². The first kappa shape index (κ1) is 13.1. The first-order valence-electron chi connectivity index (χ1n) is 7.03. The molecule has 2 heterocycles. The van der Waals surface area contributed by atoms with E-state index in [9.17, 15) is 9.90 Å². The largest absolute Gasteiger partial charge is 0.481 e. The molecule has 2 fully saturated rings. The summed E-state index contributed by atoms with van der Waals surface area (Å²) in [5.41, 5.74) is 0.932. The van der Waals surface area contributed by atoms with Crippen LogP contribution in [0.1, 0.15) is 34.6 Å². The lowest BCUT2D eigenvalue weighted by molar-refractivity contribution is -0.149. The van der Waals surface area contributed by atoms with Gasteiger partial charge < -0.3 is 5.11 Å². The molecule has 0 unspecified atom stereocenters. The highest BCUT2D eigenvalue weighted by Crippen LogP contribution is 2.49. The molecular formula is C15H21NO2S. The summed E-state index contributed by atoms with van der Waals surface area (Å²) < 4.78 is 0. The van der Waals surface area contributed by atoms with Gasteiger partial charge in [-0.1, -0.05) is 6.42 Å². The van der Waals surface area contributed by atoms with Crippen LogP contribution in [0.15, 0.2) is 6.07 Å². The van der Waals surface area contributed by atoms with E-state index in [1.165, 1.54) is 15.3 Å². The third-order valence-corrected chi connectivity index (χ3v) is 5.91. The molecule has 1 aromatic rings. The van der Waals surface area contributed by atoms with Gasteiger partial charge in [-0.2, -0.15) is 0 Å². The maximum absolute atomic E-state index is 11.6. The Hall–Kier alpha value is -0.870. The number of nitrogens with zero attached hydrogens (tertiary/aromatic N) is 1. The van der Waals surface area contributed by atoms with Gasteiger partial charge in [-0.15, -0.1) is 11.3 Å². The van der Waals surface area contributed by atoms with Crippen LogP contribution in [-0.2, 0) is 11.3 Å². The molecule has 0 aromatic carbocycles. The topological polar surface area (TPSA) is 40.5 Å². The van der Waals surface area contributed by atoms with Crippen molar-refractivity contribution in [1.82, 2.24) is 4.90 Å². The summed E-state index contributed by atoms with van der Waals surface area (Å²) in [6, 6.07) is 2.25. The van der Waals surface area contributed by atoms with Crippen molar-refractivity contribution in [1.29, 1.82) is 0 Å². The van der Waals surface area contributed by atoms with E-state index >= 15 is 0 Å². The standard InChI is InChI=1S/C15H21NO2S/c1-10-6-12(11(2)19-10)7-16-8-13-4-3-5-15(13,9-16)14(17)18/h6,13H,3-5,7-9H2,1-2H3,(H,17,18)/t13-,15+/m0/s1. The van der Waals surface area contributed by atoms with Gasteiger partial charge in [0.25, 0.3) is 0 Å². The maximum atomic E-state index is 11.6. The van der Waals surface area contributed by atoms with Crippen molar-refractivity contribution >= 4 is 17.3 Å². The Morgan fingerprint density at radius 1 is 1.58 bits per heavy atom. The monoisotopic (exact) mass is 279 g/mol. The molecule has 1 saturated carbocycles. The first-order chi connectivity index (χ1) is 9.01. The molecule has 1 N–H and O–H groups in total. The fraction of sp³-hybridized carbons (Fsp3) is 0.667. The van der Waals surface area contributed by atoms with Crippen molar-refractivity contribution < 1.29 is 9.90 Å². The van der Waals surface area contributed by atoms with Crippen LogP contribution in [0.25, 0.3) is 0 Å². The average molecular weight is 279 g/mol. The molecule has 1 aliphatic heterocycles. The lowest BCUT2D eigenvalue weighted by atomic mass is 9.81. The van der Waals surface area contributed by atoms with E-state index in [1.54, 1.807) is 0 Å². The van der Waals surface area contributed by atoms with Gasteiger partial charge >= 0.3 is 5.97 Å². The Morgan fingerprint density at radius 3 is 2.95 bits per heavy atom. The number of aryl methyl sites for hydroxylation is 2. The zero-order valence-corrected chi connectivity index (χ0v) is 12.4. The smallest absolute Gasteiger partial charge is 0.311 e. The van der Waals surface area contributed by atoms with E-state index in [0.717, 1.165) is 38.9 Å². The maximum Gasteiger partial charge on any atom is 0.311 e. The summed E-state index contributed by atoms with van der Waals surface area (Å²) in [6.07, 6.45) is 3.04. The zero-order chi connectivity index (χ0) is 13.6. The summed E-state index contributed by atoms with van der Waals surface area (Å²) in [6.45, 7) is 6.92. The van der Waals surface area contributed by atoms with Crippen molar-refractivity contribution in [3.63, 3.8) is 0 Å². The van der Waals surface area contributed by atoms with Crippen LogP contribution in [0.3, 0.4) is 0 Å². The van der Waals surface area contributed by atoms with Crippen LogP contribution in [0, 0.1) is 25.2 Å². The molecule has 0 bridgehead atoms. The molecule has 2 aliphatic rings. The van der Waals surface area contributed by atoms with E-state index in [-0.39, 0.29) is 0 Å². The van der Waals surface area contributed by atoms with Gasteiger partial charge in [-0.05, 0) is 44.2 Å². The second-order valence-corrected chi connectivity index (χ2v) is 7.62. The average Bonchev–Trinajstić information content (AvgIpc) is 2.92. The number of likely N-dealkylation sites (tertiary alicyclic amines) is 1. The van der Waals surface area contributed by atoms with Crippen LogP contribution < -0.4 is 0 Å². The Kier molecular flexibility index (Phi) is 3.18. The van der Waals surface area contributed by atoms with Gasteiger partial charge in [0.2, 0.25) is 0 Å². The van der Waals surface area contributed by atoms with E-state index in [1.807, 2.05) is 11.3 Å². The van der Waals surface area contributed by atoms with Crippen LogP contribution in [0.4, 0.5) is 0 Å². The van der Waals surface area contributed by atoms with Crippen molar-refractivity contribution in [3.05, 3.63) is 21.4 Å². The fourth-order valence-electron chi connectivity index (χ4n) is 3.94. The van der Waals surface area contributed by atoms with Crippen LogP contribution in [0.2, 0.25) is 0 Å². The number of carbonyl (C=O) groups is 1. The SMILES string of the molecule is Cc1cc(CN2C[C@@H]3CCC[C@@]3(C(=O)O)C2)c(C)s1. The lowest BCUT2D eigenvalue weighted by Gasteiger charge is -2.23. The Bertz CT molecular complexity index is 510. The second-order valence-electron chi connectivity index (χ2n) is 6.16. The number of hydrogen-bond donors (Lipinski definition) is 1. The third kappa shape index (κ3) is 2.11. The minimum absolute atomic E-state index is 0.366. The predicted octanol–water partition coefficient (Wildman–Crippen LogP) is 3.05. The number of thiophene rings is 1. The van der Waals surface area contributed by atoms with Crippen molar-refractivity contribution in [2.45, 2.75) is 39.7 Å². The molecule has 3 nitrogen and oxygen atoms in total. The predicted molar refractivity (Wildman–Crippen MR) is 76.5 cm³/mol. The number of fused-ring (bicyclic) bond motifs is 1. The quantitative estimate of drug-likeness (QED) is 0.924. The molecule has 4 heteroatoms. The third-order valence-electron chi connectivity index (χ3n) is 4.90. The van der Waals surface area contributed by atoms with Gasteiger partial charge in [0.15, 0.2) is 0 Å². The van der Waals surface area contributed by atoms with Crippen LogP contribution in [0.5, 0.6) is 0 Å². The lowest BCUT2D eigenvalue weighted by Crippen LogP contribution is -2.35. The van der Waals surface area contributed by atoms with Gasteiger partial charge in [-0.3, -0.25) is 9.69 Å². The molecule has 104 valence electrons. The van der Waals surface area contributed by atoms with Gasteiger partial charge in [0.05, 0.1) is 5.41 Å². The minimum Gasteiger partial charge on any atom is -0.481 e. The second kappa shape index (κ2) is 4.60. The van der Waals surface area contributed by atoms with Crippen molar-refractivity contribution in [2.75, 3.05) is 13.1 Å². The molecule has 1 aliphatic carbocycles. The van der Waals surface area contributed by atoms with Crippen LogP contribution in [-0.4, -0.2) is 29.1 Å². The number of rotatable bonds is 3. The molecular weight excluding hydrogens is 258 g/mol. The highest BCUT2D eigenvalue weighted by molar-refractivity contribution is 7.12. The molecule has 1 aromatic heterocycles. The van der Waals surface area contributed by atoms with Crippen LogP contribution >= 0.6 is 11.3 Å². The summed E-state index contributed by atoms with van der Waals surface area (Å²) in [7, 11) is 0. The van der Waals surface area contributed by atoms with Crippen molar-refractivity contribution in [3.8, 4) is 0 Å². The molecule has 0 radical (unpaired) electrons. The van der Waals surface area contributed by atoms with E-state index < -0.39 is 11.4 Å². The van der Waals surface area contributed by atoms with Crippen molar-refractivity contribution in [2.24, 2.45) is 11.3 Å². The van der Waals surface area contributed by atoms with Gasteiger partial charge in [-0.25, -0.2) is 0 Å². The molecule has 0 spiro atoms. The van der Waals surface area contributed by atoms with E-state index in [2.05, 4.69) is 24.8 Å². The Morgan fingerprint density at radius 2 is 2.37 bits per heavy atom. The highest BCUT2D eigenvalue weighted by atomic mass is 32.1. The number of hydrogen-bond acceptors (Lipinski definition) is 3. The molecule has 19 heavy (non-hydrogen) atoms. The first-order valence-corrected chi connectivity index (χ1v) is 7.84. The normalized spacial score (nSPS) is 30.7. The number of aliphatic carboxylic acids is 1. The number of carboxylic acid groups (broad SMARTS) is 1. The summed E-state index contributed by atoms with van der Waals surface area (Å²) in [4.78, 5) is 16.7. The molecule has 2 atom stereocenters. The fourth-order valence-corrected chi connectivity index (χ4v) is 4.88.